The van der Waals surface area contributed by atoms with Gasteiger partial charge in [0, 0.05) is 15.1 Å². The Morgan fingerprint density at radius 3 is 2.70 bits per heavy atom. The van der Waals surface area contributed by atoms with Gasteiger partial charge < -0.3 is 14.5 Å². The fourth-order valence-electron chi connectivity index (χ4n) is 4.31. The van der Waals surface area contributed by atoms with Crippen molar-refractivity contribution in [3.05, 3.63) is 39.1 Å². The Balaban J connectivity index is 2.04. The number of fused-ring (bicyclic) bond motifs is 1. The van der Waals surface area contributed by atoms with E-state index in [9.17, 15) is 9.90 Å². The number of benzene rings is 1. The van der Waals surface area contributed by atoms with E-state index >= 15 is 0 Å². The fraction of sp³-hybridized carbons (Fsp3) is 0.421. The molecule has 0 amide bonds. The zero-order valence-electron chi connectivity index (χ0n) is 15.3. The molecule has 2 fully saturated rings. The smallest absolute Gasteiger partial charge is 0.336 e. The summed E-state index contributed by atoms with van der Waals surface area (Å²) in [5, 5.41) is 14.8. The minimum absolute atomic E-state index is 0.0422. The molecule has 2 aliphatic heterocycles. The number of halogens is 1. The van der Waals surface area contributed by atoms with Gasteiger partial charge in [0.1, 0.15) is 0 Å². The number of hydrogen-bond acceptors (Lipinski definition) is 5. The summed E-state index contributed by atoms with van der Waals surface area (Å²) in [6.45, 7) is 7.83. The van der Waals surface area contributed by atoms with E-state index in [2.05, 4.69) is 34.7 Å². The third-order valence-corrected chi connectivity index (χ3v) is 8.86. The average Bonchev–Trinajstić information content (AvgIpc) is 3.08. The van der Waals surface area contributed by atoms with Crippen molar-refractivity contribution in [2.75, 3.05) is 0 Å². The molecule has 0 saturated carbocycles. The molecular weight excluding hydrogens is 495 g/mol. The van der Waals surface area contributed by atoms with Crippen molar-refractivity contribution in [3.63, 3.8) is 0 Å². The van der Waals surface area contributed by atoms with Crippen molar-refractivity contribution in [2.24, 2.45) is 5.92 Å². The van der Waals surface area contributed by atoms with E-state index < -0.39 is 16.3 Å². The van der Waals surface area contributed by atoms with E-state index in [0.29, 0.717) is 22.0 Å². The molecule has 3 atom stereocenters. The lowest BCUT2D eigenvalue weighted by Crippen LogP contribution is -2.67. The summed E-state index contributed by atoms with van der Waals surface area (Å²) in [6.07, 6.45) is 0. The van der Waals surface area contributed by atoms with Crippen LogP contribution >= 0.6 is 46.6 Å². The Morgan fingerprint density at radius 1 is 1.41 bits per heavy atom. The lowest BCUT2D eigenvalue weighted by atomic mass is 9.73. The largest absolute Gasteiger partial charge is 0.479 e. The number of hydrogen-bond donors (Lipinski definition) is 1. The molecule has 0 unspecified atom stereocenters. The van der Waals surface area contributed by atoms with Crippen molar-refractivity contribution in [3.8, 4) is 11.3 Å². The normalized spacial score (nSPS) is 28.8. The fourth-order valence-corrected chi connectivity index (χ4v) is 7.25. The van der Waals surface area contributed by atoms with Gasteiger partial charge in [-0.15, -0.1) is 11.8 Å². The van der Waals surface area contributed by atoms with Gasteiger partial charge in [-0.05, 0) is 49.4 Å². The van der Waals surface area contributed by atoms with Crippen LogP contribution in [0.1, 0.15) is 32.0 Å². The molecule has 3 heterocycles. The number of thiocarbonyl (C=S) groups is 1. The van der Waals surface area contributed by atoms with Gasteiger partial charge in [0.2, 0.25) is 0 Å². The number of aliphatic carboxylic acids is 1. The minimum atomic E-state index is -1.33. The van der Waals surface area contributed by atoms with Gasteiger partial charge in [0.15, 0.2) is 11.3 Å². The standard InChI is InChI=1S/C19H19IN2O3S2/c1-9-15(26)22-16(9)27-18(3,4)19(22,17(23)24)13-10(2)21-25-14(13)11-7-5-6-8-12(11)20/h5-9,16H,1-4H3,(H,23,24)/t9-,16-,19+/m1/s1. The molecule has 0 spiro atoms. The van der Waals surface area contributed by atoms with E-state index in [1.165, 1.54) is 0 Å². The van der Waals surface area contributed by atoms with E-state index in [1.54, 1.807) is 11.8 Å². The van der Waals surface area contributed by atoms with Crippen LogP contribution in [0.25, 0.3) is 11.3 Å². The molecule has 1 aromatic heterocycles. The average molecular weight is 514 g/mol. The molecule has 142 valence electrons. The van der Waals surface area contributed by atoms with E-state index in [4.69, 9.17) is 16.7 Å². The third-order valence-electron chi connectivity index (χ3n) is 5.61. The molecule has 4 rings (SSSR count). The Kier molecular flexibility index (Phi) is 4.40. The van der Waals surface area contributed by atoms with E-state index in [0.717, 1.165) is 9.13 Å². The van der Waals surface area contributed by atoms with Crippen LogP contribution in [0.15, 0.2) is 28.8 Å². The molecule has 2 saturated heterocycles. The van der Waals surface area contributed by atoms with Crippen molar-refractivity contribution in [1.82, 2.24) is 10.1 Å². The van der Waals surface area contributed by atoms with Gasteiger partial charge in [-0.3, -0.25) is 0 Å². The monoisotopic (exact) mass is 514 g/mol. The third kappa shape index (κ3) is 2.32. The highest BCUT2D eigenvalue weighted by Crippen LogP contribution is 2.64. The van der Waals surface area contributed by atoms with Gasteiger partial charge in [0.25, 0.3) is 0 Å². The molecule has 1 aromatic carbocycles. The summed E-state index contributed by atoms with van der Waals surface area (Å²) in [5.74, 6) is -0.238. The maximum absolute atomic E-state index is 12.9. The van der Waals surface area contributed by atoms with Crippen LogP contribution in [0.3, 0.4) is 0 Å². The molecule has 27 heavy (non-hydrogen) atoms. The first-order valence-electron chi connectivity index (χ1n) is 8.60. The SMILES string of the molecule is Cc1noc(-c2ccccc2I)c1[C@@]1(C(=O)O)N2C(=S)[C@@H](C)[C@H]2SC1(C)C. The van der Waals surface area contributed by atoms with Gasteiger partial charge in [-0.2, -0.15) is 0 Å². The lowest BCUT2D eigenvalue weighted by Gasteiger charge is -2.51. The lowest BCUT2D eigenvalue weighted by molar-refractivity contribution is -0.152. The number of nitrogens with zero attached hydrogens (tertiary/aromatic N) is 2. The summed E-state index contributed by atoms with van der Waals surface area (Å²) in [7, 11) is 0. The second-order valence-electron chi connectivity index (χ2n) is 7.48. The number of aromatic nitrogens is 1. The van der Waals surface area contributed by atoms with Crippen LogP contribution in [0, 0.1) is 16.4 Å². The van der Waals surface area contributed by atoms with Gasteiger partial charge in [-0.1, -0.05) is 42.5 Å². The Hall–Kier alpha value is -1.13. The number of aryl methyl sites for hydroxylation is 1. The maximum Gasteiger partial charge on any atom is 0.336 e. The Morgan fingerprint density at radius 2 is 2.07 bits per heavy atom. The zero-order valence-corrected chi connectivity index (χ0v) is 19.1. The second kappa shape index (κ2) is 6.18. The number of thioether (sulfide) groups is 1. The Bertz CT molecular complexity index is 974. The first-order valence-corrected chi connectivity index (χ1v) is 11.0. The first kappa shape index (κ1) is 19.2. The summed E-state index contributed by atoms with van der Waals surface area (Å²) >= 11 is 9.52. The summed E-state index contributed by atoms with van der Waals surface area (Å²) in [5.41, 5.74) is 0.708. The highest BCUT2D eigenvalue weighted by molar-refractivity contribution is 14.1. The van der Waals surface area contributed by atoms with Gasteiger partial charge >= 0.3 is 5.97 Å². The Labute approximate surface area is 181 Å². The van der Waals surface area contributed by atoms with Crippen LogP contribution in [-0.4, -0.2) is 36.2 Å². The van der Waals surface area contributed by atoms with Crippen LogP contribution in [-0.2, 0) is 10.3 Å². The highest BCUT2D eigenvalue weighted by Gasteiger charge is 2.72. The summed E-state index contributed by atoms with van der Waals surface area (Å²) < 4.78 is 6.07. The second-order valence-corrected chi connectivity index (χ2v) is 10.8. The minimum Gasteiger partial charge on any atom is -0.479 e. The number of carbonyl (C=O) groups is 1. The van der Waals surface area contributed by atoms with E-state index in [1.807, 2.05) is 49.9 Å². The number of carboxylic acids is 1. The van der Waals surface area contributed by atoms with Crippen molar-refractivity contribution in [1.29, 1.82) is 0 Å². The predicted octanol–water partition coefficient (Wildman–Crippen LogP) is 4.67. The molecule has 2 aromatic rings. The molecule has 0 bridgehead atoms. The number of rotatable bonds is 3. The topological polar surface area (TPSA) is 66.6 Å². The van der Waals surface area contributed by atoms with Crippen molar-refractivity contribution < 1.29 is 14.4 Å². The van der Waals surface area contributed by atoms with Crippen LogP contribution in [0.2, 0.25) is 0 Å². The summed E-state index contributed by atoms with van der Waals surface area (Å²) in [6, 6.07) is 7.77. The molecular formula is C19H19IN2O3S2. The predicted molar refractivity (Wildman–Crippen MR) is 118 cm³/mol. The van der Waals surface area contributed by atoms with Crippen LogP contribution < -0.4 is 0 Å². The van der Waals surface area contributed by atoms with Crippen LogP contribution in [0.5, 0.6) is 0 Å². The van der Waals surface area contributed by atoms with Crippen molar-refractivity contribution >= 4 is 57.5 Å². The molecule has 2 aliphatic rings. The molecule has 0 aliphatic carbocycles. The molecule has 8 heteroatoms. The molecule has 5 nitrogen and oxygen atoms in total. The first-order chi connectivity index (χ1) is 12.6. The maximum atomic E-state index is 12.9. The van der Waals surface area contributed by atoms with E-state index in [-0.39, 0.29) is 11.3 Å². The quantitative estimate of drug-likeness (QED) is 0.472. The number of carboxylic acid groups (broad SMARTS) is 1. The van der Waals surface area contributed by atoms with Gasteiger partial charge in [0.05, 0.1) is 26.4 Å². The van der Waals surface area contributed by atoms with Gasteiger partial charge in [-0.25, -0.2) is 4.79 Å². The van der Waals surface area contributed by atoms with Crippen LogP contribution in [0.4, 0.5) is 0 Å². The van der Waals surface area contributed by atoms with Crippen molar-refractivity contribution in [2.45, 2.75) is 43.4 Å². The zero-order chi connectivity index (χ0) is 19.7. The summed E-state index contributed by atoms with van der Waals surface area (Å²) in [4.78, 5) is 15.5. The molecule has 0 radical (unpaired) electrons. The molecule has 1 N–H and O–H groups in total. The highest BCUT2D eigenvalue weighted by atomic mass is 127.